The molecule has 0 atom stereocenters. The molecule has 1 rings (SSSR count). The maximum atomic E-state index is 11.6. The molecular weight excluding hydrogens is 284 g/mol. The zero-order valence-corrected chi connectivity index (χ0v) is 13.9. The third-order valence-corrected chi connectivity index (χ3v) is 3.58. The highest BCUT2D eigenvalue weighted by molar-refractivity contribution is 7.09. The molecule has 118 valence electrons. The molecule has 0 saturated carbocycles. The van der Waals surface area contributed by atoms with Gasteiger partial charge >= 0.3 is 0 Å². The molecule has 1 heterocycles. The second-order valence-corrected chi connectivity index (χ2v) is 6.02. The molecule has 0 bridgehead atoms. The molecule has 0 unspecified atom stereocenters. The van der Waals surface area contributed by atoms with E-state index < -0.39 is 0 Å². The molecule has 1 aromatic rings. The number of nitrogens with zero attached hydrogens (tertiary/aromatic N) is 1. The standard InChI is InChI=1S/C15H26N4OS/c1-4-16-15(17-9-7-13-6-5-11-21-13)18-10-8-14(20)19-12(2)3/h5-6,11-12H,4,7-10H2,1-3H3,(H,19,20)(H2,16,17,18). The Hall–Kier alpha value is -1.56. The highest BCUT2D eigenvalue weighted by Gasteiger charge is 2.03. The lowest BCUT2D eigenvalue weighted by molar-refractivity contribution is -0.121. The van der Waals surface area contributed by atoms with Gasteiger partial charge in [0, 0.05) is 43.4 Å². The van der Waals surface area contributed by atoms with E-state index in [9.17, 15) is 4.79 Å². The zero-order chi connectivity index (χ0) is 15.5. The Labute approximate surface area is 131 Å². The fourth-order valence-electron chi connectivity index (χ4n) is 1.76. The minimum Gasteiger partial charge on any atom is -0.357 e. The van der Waals surface area contributed by atoms with Crippen LogP contribution in [0.1, 0.15) is 32.1 Å². The van der Waals surface area contributed by atoms with Crippen LogP contribution in [0.2, 0.25) is 0 Å². The van der Waals surface area contributed by atoms with Crippen molar-refractivity contribution in [3.63, 3.8) is 0 Å². The van der Waals surface area contributed by atoms with Crippen LogP contribution in [0.25, 0.3) is 0 Å². The lowest BCUT2D eigenvalue weighted by atomic mass is 10.3. The van der Waals surface area contributed by atoms with Crippen molar-refractivity contribution < 1.29 is 4.79 Å². The van der Waals surface area contributed by atoms with Crippen LogP contribution < -0.4 is 16.0 Å². The lowest BCUT2D eigenvalue weighted by Crippen LogP contribution is -2.40. The predicted molar refractivity (Wildman–Crippen MR) is 89.9 cm³/mol. The van der Waals surface area contributed by atoms with Gasteiger partial charge in [-0.2, -0.15) is 0 Å². The van der Waals surface area contributed by atoms with Crippen LogP contribution in [-0.2, 0) is 11.2 Å². The molecule has 1 aromatic heterocycles. The number of rotatable bonds is 8. The monoisotopic (exact) mass is 310 g/mol. The Balaban J connectivity index is 2.29. The van der Waals surface area contributed by atoms with E-state index in [1.165, 1.54) is 4.88 Å². The topological polar surface area (TPSA) is 65.5 Å². The first-order chi connectivity index (χ1) is 10.1. The Morgan fingerprint density at radius 2 is 2.19 bits per heavy atom. The summed E-state index contributed by atoms with van der Waals surface area (Å²) in [5.74, 6) is 0.832. The van der Waals surface area contributed by atoms with Crippen LogP contribution in [0.4, 0.5) is 0 Å². The number of hydrogen-bond acceptors (Lipinski definition) is 3. The molecule has 5 nitrogen and oxygen atoms in total. The van der Waals surface area contributed by atoms with Gasteiger partial charge in [-0.15, -0.1) is 11.3 Å². The van der Waals surface area contributed by atoms with Crippen LogP contribution >= 0.6 is 11.3 Å². The Morgan fingerprint density at radius 1 is 1.38 bits per heavy atom. The van der Waals surface area contributed by atoms with E-state index in [0.29, 0.717) is 13.0 Å². The number of amides is 1. The first-order valence-corrected chi connectivity index (χ1v) is 8.33. The molecule has 0 radical (unpaired) electrons. The molecule has 0 aliphatic carbocycles. The number of guanidine groups is 1. The number of hydrogen-bond donors (Lipinski definition) is 3. The van der Waals surface area contributed by atoms with Gasteiger partial charge in [-0.3, -0.25) is 9.79 Å². The average molecular weight is 310 g/mol. The minimum absolute atomic E-state index is 0.0620. The number of carbonyl (C=O) groups excluding carboxylic acids is 1. The van der Waals surface area contributed by atoms with Crippen molar-refractivity contribution in [3.8, 4) is 0 Å². The van der Waals surface area contributed by atoms with Gasteiger partial charge in [0.2, 0.25) is 5.91 Å². The van der Waals surface area contributed by atoms with Gasteiger partial charge in [0.15, 0.2) is 5.96 Å². The SMILES string of the molecule is CCNC(=NCCc1cccs1)NCCC(=O)NC(C)C. The molecule has 3 N–H and O–H groups in total. The maximum Gasteiger partial charge on any atom is 0.221 e. The van der Waals surface area contributed by atoms with Gasteiger partial charge in [-0.1, -0.05) is 6.07 Å². The highest BCUT2D eigenvalue weighted by Crippen LogP contribution is 2.08. The first-order valence-electron chi connectivity index (χ1n) is 7.45. The summed E-state index contributed by atoms with van der Waals surface area (Å²) < 4.78 is 0. The quantitative estimate of drug-likeness (QED) is 0.506. The van der Waals surface area contributed by atoms with Gasteiger partial charge < -0.3 is 16.0 Å². The smallest absolute Gasteiger partial charge is 0.221 e. The lowest BCUT2D eigenvalue weighted by Gasteiger charge is -2.12. The largest absolute Gasteiger partial charge is 0.357 e. The highest BCUT2D eigenvalue weighted by atomic mass is 32.1. The van der Waals surface area contributed by atoms with Crippen molar-refractivity contribution in [2.45, 2.75) is 39.7 Å². The van der Waals surface area contributed by atoms with Crippen molar-refractivity contribution in [2.24, 2.45) is 4.99 Å². The Bertz CT molecular complexity index is 429. The molecule has 6 heteroatoms. The summed E-state index contributed by atoms with van der Waals surface area (Å²) in [4.78, 5) is 17.4. The van der Waals surface area contributed by atoms with Gasteiger partial charge in [-0.25, -0.2) is 0 Å². The van der Waals surface area contributed by atoms with Crippen molar-refractivity contribution >= 4 is 23.2 Å². The number of thiophene rings is 1. The number of nitrogens with one attached hydrogen (secondary N) is 3. The predicted octanol–water partition coefficient (Wildman–Crippen LogP) is 1.76. The second kappa shape index (κ2) is 10.2. The minimum atomic E-state index is 0.0620. The third kappa shape index (κ3) is 8.34. The van der Waals surface area contributed by atoms with Crippen molar-refractivity contribution in [1.29, 1.82) is 0 Å². The molecule has 0 aromatic carbocycles. The van der Waals surface area contributed by atoms with Crippen molar-refractivity contribution in [2.75, 3.05) is 19.6 Å². The van der Waals surface area contributed by atoms with Crippen LogP contribution in [0, 0.1) is 0 Å². The van der Waals surface area contributed by atoms with Gasteiger partial charge in [0.25, 0.3) is 0 Å². The van der Waals surface area contributed by atoms with E-state index in [0.717, 1.165) is 25.5 Å². The molecule has 0 aliphatic heterocycles. The molecule has 0 spiro atoms. The molecule has 0 aliphatic rings. The summed E-state index contributed by atoms with van der Waals surface area (Å²) in [6.07, 6.45) is 1.40. The van der Waals surface area contributed by atoms with E-state index >= 15 is 0 Å². The van der Waals surface area contributed by atoms with E-state index in [4.69, 9.17) is 0 Å². The summed E-state index contributed by atoms with van der Waals surface area (Å²) in [5, 5.41) is 11.3. The summed E-state index contributed by atoms with van der Waals surface area (Å²) in [6, 6.07) is 4.36. The van der Waals surface area contributed by atoms with E-state index in [1.54, 1.807) is 11.3 Å². The summed E-state index contributed by atoms with van der Waals surface area (Å²) in [5.41, 5.74) is 0. The van der Waals surface area contributed by atoms with Gasteiger partial charge in [0.1, 0.15) is 0 Å². The van der Waals surface area contributed by atoms with Crippen molar-refractivity contribution in [3.05, 3.63) is 22.4 Å². The zero-order valence-electron chi connectivity index (χ0n) is 13.1. The second-order valence-electron chi connectivity index (χ2n) is 4.99. The molecule has 21 heavy (non-hydrogen) atoms. The molecule has 0 saturated heterocycles. The van der Waals surface area contributed by atoms with Gasteiger partial charge in [0.05, 0.1) is 0 Å². The van der Waals surface area contributed by atoms with Crippen LogP contribution in [-0.4, -0.2) is 37.5 Å². The Morgan fingerprint density at radius 3 is 2.81 bits per heavy atom. The average Bonchev–Trinajstić information content (AvgIpc) is 2.91. The molecular formula is C15H26N4OS. The van der Waals surface area contributed by atoms with Crippen LogP contribution in [0.3, 0.4) is 0 Å². The third-order valence-electron chi connectivity index (χ3n) is 2.65. The fourth-order valence-corrected chi connectivity index (χ4v) is 2.46. The van der Waals surface area contributed by atoms with Crippen LogP contribution in [0.15, 0.2) is 22.5 Å². The number of aliphatic imine (C=N–C) groups is 1. The summed E-state index contributed by atoms with van der Waals surface area (Å²) >= 11 is 1.75. The van der Waals surface area contributed by atoms with Crippen molar-refractivity contribution in [1.82, 2.24) is 16.0 Å². The first kappa shape index (κ1) is 17.5. The van der Waals surface area contributed by atoms with E-state index in [-0.39, 0.29) is 11.9 Å². The van der Waals surface area contributed by atoms with Gasteiger partial charge in [-0.05, 0) is 32.2 Å². The maximum absolute atomic E-state index is 11.6. The summed E-state index contributed by atoms with van der Waals surface area (Å²) in [7, 11) is 0. The fraction of sp³-hybridized carbons (Fsp3) is 0.600. The van der Waals surface area contributed by atoms with E-state index in [2.05, 4.69) is 38.5 Å². The summed E-state index contributed by atoms with van der Waals surface area (Å²) in [6.45, 7) is 8.09. The van der Waals surface area contributed by atoms with E-state index in [1.807, 2.05) is 20.8 Å². The Kier molecular flexibility index (Phi) is 8.50. The van der Waals surface area contributed by atoms with Crippen LogP contribution in [0.5, 0.6) is 0 Å². The number of carbonyl (C=O) groups is 1. The molecule has 1 amide bonds. The molecule has 0 fully saturated rings. The normalized spacial score (nSPS) is 11.5.